The summed E-state index contributed by atoms with van der Waals surface area (Å²) in [6.07, 6.45) is 0. The summed E-state index contributed by atoms with van der Waals surface area (Å²) in [4.78, 5) is 0. The molecule has 0 aliphatic carbocycles. The van der Waals surface area contributed by atoms with Gasteiger partial charge in [0.2, 0.25) is 0 Å². The van der Waals surface area contributed by atoms with E-state index in [-0.39, 0.29) is 0 Å². The molecule has 0 aromatic heterocycles. The minimum Gasteiger partial charge on any atom is -0.399 e. The standard InChI is InChI=1S/C12H13N3O3P/c13-8-1-3-9(4-2-8)17-19(16)18-10-5-6-11(14)12(15)7-10/h1-7H,13-15H2/q+1. The fourth-order valence-corrected chi connectivity index (χ4v) is 1.95. The van der Waals surface area contributed by atoms with Crippen LogP contribution in [0, 0.1) is 0 Å². The molecule has 0 aliphatic heterocycles. The molecule has 6 N–H and O–H groups in total. The highest BCUT2D eigenvalue weighted by Gasteiger charge is 2.24. The summed E-state index contributed by atoms with van der Waals surface area (Å²) in [6.45, 7) is 0. The highest BCUT2D eigenvalue weighted by atomic mass is 31.1. The molecule has 19 heavy (non-hydrogen) atoms. The average molecular weight is 278 g/mol. The minimum absolute atomic E-state index is 0.322. The highest BCUT2D eigenvalue weighted by Crippen LogP contribution is 2.32. The predicted octanol–water partition coefficient (Wildman–Crippen LogP) is 2.55. The molecule has 0 amide bonds. The molecule has 0 radical (unpaired) electrons. The van der Waals surface area contributed by atoms with Crippen molar-refractivity contribution < 1.29 is 13.6 Å². The van der Waals surface area contributed by atoms with Crippen molar-refractivity contribution in [3.63, 3.8) is 0 Å². The van der Waals surface area contributed by atoms with E-state index >= 15 is 0 Å². The van der Waals surface area contributed by atoms with E-state index in [2.05, 4.69) is 0 Å². The van der Waals surface area contributed by atoms with Gasteiger partial charge in [-0.15, -0.1) is 0 Å². The van der Waals surface area contributed by atoms with Gasteiger partial charge in [0.1, 0.15) is 0 Å². The van der Waals surface area contributed by atoms with Crippen molar-refractivity contribution in [1.82, 2.24) is 0 Å². The topological polar surface area (TPSA) is 114 Å². The van der Waals surface area contributed by atoms with Crippen LogP contribution in [0.3, 0.4) is 0 Å². The van der Waals surface area contributed by atoms with E-state index < -0.39 is 8.25 Å². The van der Waals surface area contributed by atoms with Crippen molar-refractivity contribution in [1.29, 1.82) is 0 Å². The van der Waals surface area contributed by atoms with Gasteiger partial charge < -0.3 is 17.2 Å². The third-order valence-electron chi connectivity index (χ3n) is 2.30. The maximum Gasteiger partial charge on any atom is 0.805 e. The van der Waals surface area contributed by atoms with Gasteiger partial charge in [0, 0.05) is 16.3 Å². The third-order valence-corrected chi connectivity index (χ3v) is 3.02. The molecular formula is C12H13N3O3P+. The van der Waals surface area contributed by atoms with E-state index in [0.29, 0.717) is 28.6 Å². The fraction of sp³-hybridized carbons (Fsp3) is 0. The van der Waals surface area contributed by atoms with Crippen molar-refractivity contribution in [2.24, 2.45) is 0 Å². The summed E-state index contributed by atoms with van der Waals surface area (Å²) in [5, 5.41) is 0. The quantitative estimate of drug-likeness (QED) is 0.585. The van der Waals surface area contributed by atoms with Crippen LogP contribution in [0.4, 0.5) is 17.1 Å². The molecule has 98 valence electrons. The molecule has 1 unspecified atom stereocenters. The van der Waals surface area contributed by atoms with E-state index in [1.54, 1.807) is 36.4 Å². The fourth-order valence-electron chi connectivity index (χ4n) is 1.33. The molecule has 0 saturated heterocycles. The largest absolute Gasteiger partial charge is 0.805 e. The first-order valence-corrected chi connectivity index (χ1v) is 6.48. The smallest absolute Gasteiger partial charge is 0.399 e. The highest BCUT2D eigenvalue weighted by molar-refractivity contribution is 7.34. The van der Waals surface area contributed by atoms with Crippen molar-refractivity contribution in [2.75, 3.05) is 17.2 Å². The molecule has 0 saturated carbocycles. The van der Waals surface area contributed by atoms with Crippen LogP contribution in [-0.4, -0.2) is 0 Å². The predicted molar refractivity (Wildman–Crippen MR) is 75.0 cm³/mol. The third kappa shape index (κ3) is 3.50. The summed E-state index contributed by atoms with van der Waals surface area (Å²) in [5.74, 6) is 0.724. The zero-order valence-electron chi connectivity index (χ0n) is 9.95. The number of benzene rings is 2. The molecule has 0 bridgehead atoms. The van der Waals surface area contributed by atoms with Gasteiger partial charge in [-0.1, -0.05) is 0 Å². The summed E-state index contributed by atoms with van der Waals surface area (Å²) >= 11 is 0. The first kappa shape index (κ1) is 13.0. The summed E-state index contributed by atoms with van der Waals surface area (Å²) in [6, 6.07) is 11.1. The van der Waals surface area contributed by atoms with Crippen LogP contribution in [0.1, 0.15) is 0 Å². The van der Waals surface area contributed by atoms with Gasteiger partial charge in [-0.3, -0.25) is 0 Å². The lowest BCUT2D eigenvalue weighted by molar-refractivity contribution is 0.416. The first-order valence-electron chi connectivity index (χ1n) is 5.38. The Morgan fingerprint density at radius 2 is 1.37 bits per heavy atom. The van der Waals surface area contributed by atoms with E-state index in [1.807, 2.05) is 0 Å². The van der Waals surface area contributed by atoms with Crippen LogP contribution in [0.25, 0.3) is 0 Å². The van der Waals surface area contributed by atoms with Crippen molar-refractivity contribution in [3.05, 3.63) is 42.5 Å². The Labute approximate surface area is 111 Å². The molecule has 2 aromatic carbocycles. The summed E-state index contributed by atoms with van der Waals surface area (Å²) < 4.78 is 21.9. The number of rotatable bonds is 4. The van der Waals surface area contributed by atoms with E-state index in [4.69, 9.17) is 26.2 Å². The van der Waals surface area contributed by atoms with Crippen LogP contribution in [-0.2, 0) is 4.57 Å². The van der Waals surface area contributed by atoms with Gasteiger partial charge in [0.25, 0.3) is 0 Å². The Balaban J connectivity index is 2.01. The zero-order chi connectivity index (χ0) is 13.8. The van der Waals surface area contributed by atoms with E-state index in [9.17, 15) is 4.57 Å². The summed E-state index contributed by atoms with van der Waals surface area (Å²) in [5.41, 5.74) is 18.1. The number of hydrogen-bond donors (Lipinski definition) is 3. The van der Waals surface area contributed by atoms with Crippen molar-refractivity contribution >= 4 is 25.3 Å². The Morgan fingerprint density at radius 3 is 2.00 bits per heavy atom. The van der Waals surface area contributed by atoms with E-state index in [1.165, 1.54) is 6.07 Å². The van der Waals surface area contributed by atoms with Crippen molar-refractivity contribution in [2.45, 2.75) is 0 Å². The molecule has 0 spiro atoms. The number of nitrogens with two attached hydrogens (primary N) is 3. The van der Waals surface area contributed by atoms with Gasteiger partial charge in [-0.25, -0.2) is 9.05 Å². The number of hydrogen-bond acceptors (Lipinski definition) is 6. The molecular weight excluding hydrogens is 265 g/mol. The maximum atomic E-state index is 11.7. The van der Waals surface area contributed by atoms with E-state index in [0.717, 1.165) is 0 Å². The lowest BCUT2D eigenvalue weighted by Crippen LogP contribution is -1.95. The Bertz CT molecular complexity index is 602. The molecule has 6 nitrogen and oxygen atoms in total. The molecule has 2 aromatic rings. The van der Waals surface area contributed by atoms with Gasteiger partial charge in [0.15, 0.2) is 11.5 Å². The molecule has 7 heteroatoms. The van der Waals surface area contributed by atoms with Gasteiger partial charge in [-0.2, -0.15) is 0 Å². The Hall–Kier alpha value is -2.46. The minimum atomic E-state index is -2.35. The Kier molecular flexibility index (Phi) is 3.73. The van der Waals surface area contributed by atoms with Crippen LogP contribution in [0.5, 0.6) is 11.5 Å². The lowest BCUT2D eigenvalue weighted by Gasteiger charge is -1.99. The van der Waals surface area contributed by atoms with Crippen LogP contribution >= 0.6 is 8.25 Å². The first-order chi connectivity index (χ1) is 9.04. The molecule has 1 atom stereocenters. The summed E-state index contributed by atoms with van der Waals surface area (Å²) in [7, 11) is -2.35. The second kappa shape index (κ2) is 5.46. The monoisotopic (exact) mass is 278 g/mol. The van der Waals surface area contributed by atoms with Gasteiger partial charge in [0.05, 0.1) is 11.4 Å². The molecule has 0 fully saturated rings. The second-order valence-corrected chi connectivity index (χ2v) is 4.58. The molecule has 0 heterocycles. The maximum absolute atomic E-state index is 11.7. The number of nitrogen functional groups attached to an aromatic ring is 3. The van der Waals surface area contributed by atoms with Gasteiger partial charge >= 0.3 is 8.25 Å². The van der Waals surface area contributed by atoms with Crippen LogP contribution in [0.2, 0.25) is 0 Å². The van der Waals surface area contributed by atoms with Crippen LogP contribution in [0.15, 0.2) is 42.5 Å². The second-order valence-electron chi connectivity index (χ2n) is 3.77. The lowest BCUT2D eigenvalue weighted by atomic mass is 10.3. The zero-order valence-corrected chi connectivity index (χ0v) is 10.8. The number of anilines is 3. The van der Waals surface area contributed by atoms with Gasteiger partial charge in [-0.05, 0) is 36.4 Å². The van der Waals surface area contributed by atoms with Crippen LogP contribution < -0.4 is 26.2 Å². The molecule has 0 aliphatic rings. The average Bonchev–Trinajstić information content (AvgIpc) is 2.37. The normalized spacial score (nSPS) is 10.8. The molecule has 2 rings (SSSR count). The SMILES string of the molecule is Nc1ccc(O[P+](=O)Oc2ccc(N)c(N)c2)cc1. The Morgan fingerprint density at radius 1 is 0.789 bits per heavy atom. The van der Waals surface area contributed by atoms with Crippen molar-refractivity contribution in [3.8, 4) is 11.5 Å².